The molecule has 706 valence electrons. The first kappa shape index (κ1) is 100. The van der Waals surface area contributed by atoms with Crippen molar-refractivity contribution < 1.29 is 76.8 Å². The van der Waals surface area contributed by atoms with Gasteiger partial charge < -0.3 is 71.4 Å². The van der Waals surface area contributed by atoms with Crippen molar-refractivity contribution in [3.63, 3.8) is 0 Å². The van der Waals surface area contributed by atoms with Crippen LogP contribution in [0.5, 0.6) is 23.0 Å². The number of hydrogen-bond acceptors (Lipinski definition) is 18. The van der Waals surface area contributed by atoms with Crippen LogP contribution < -0.4 is 71.4 Å². The molecule has 8 N–H and O–H groups in total. The zero-order chi connectivity index (χ0) is 99.5. The van der Waals surface area contributed by atoms with Crippen LogP contribution in [0.2, 0.25) is 0 Å². The molecular formula is C112H104N16O12Zn. The summed E-state index contributed by atoms with van der Waals surface area (Å²) >= 11 is 0. The van der Waals surface area contributed by atoms with E-state index in [-0.39, 0.29) is 170 Å². The van der Waals surface area contributed by atoms with Crippen molar-refractivity contribution in [1.29, 1.82) is 0 Å². The van der Waals surface area contributed by atoms with Gasteiger partial charge in [0.15, 0.2) is 0 Å². The second kappa shape index (κ2) is 42.9. The Morgan fingerprint density at radius 2 is 0.482 bits per heavy atom. The predicted octanol–water partition coefficient (Wildman–Crippen LogP) is 21.5. The van der Waals surface area contributed by atoms with Crippen LogP contribution in [-0.4, -0.2) is 106 Å². The number of hydrogen-bond donors (Lipinski definition) is 8. The number of anilines is 8. The van der Waals surface area contributed by atoms with E-state index in [2.05, 4.69) is 86.2 Å². The molecule has 13 aromatic rings. The number of nitrogens with zero attached hydrogens (tertiary/aromatic N) is 8. The predicted molar refractivity (Wildman–Crippen MR) is 549 cm³/mol. The maximum atomic E-state index is 14.5. The molecule has 29 heteroatoms. The molecule has 0 saturated carbocycles. The number of ether oxygens (including phenoxy) is 4. The minimum Gasteiger partial charge on any atom is -0.657 e. The fourth-order valence-corrected chi connectivity index (χ4v) is 15.6. The number of carbonyl (C=O) groups is 8. The van der Waals surface area contributed by atoms with E-state index in [1.54, 1.807) is 138 Å². The van der Waals surface area contributed by atoms with E-state index in [1.165, 1.54) is 12.1 Å². The number of nitrogens with one attached hydrogen (secondary N) is 8. The Morgan fingerprint density at radius 1 is 0.262 bits per heavy atom. The van der Waals surface area contributed by atoms with Crippen LogP contribution >= 0.6 is 0 Å². The number of methoxy groups -OCH3 is 4. The molecule has 0 atom stereocenters. The van der Waals surface area contributed by atoms with Gasteiger partial charge in [-0.1, -0.05) is 180 Å². The Bertz CT molecular complexity index is 6800. The van der Waals surface area contributed by atoms with Gasteiger partial charge in [0.05, 0.1) is 51.2 Å². The van der Waals surface area contributed by atoms with E-state index in [0.29, 0.717) is 123 Å². The number of rotatable bonds is 24. The Balaban J connectivity index is 0.0000158. The fraction of sp³-hybridized carbons (Fsp3) is 0.214. The van der Waals surface area contributed by atoms with Gasteiger partial charge in [-0.05, 0) is 224 Å². The summed E-state index contributed by atoms with van der Waals surface area (Å²) in [4.78, 5) is 150. The van der Waals surface area contributed by atoms with E-state index in [4.69, 9.17) is 38.9 Å². The molecule has 9 heterocycles. The third-order valence-electron chi connectivity index (χ3n) is 21.6. The van der Waals surface area contributed by atoms with Crippen LogP contribution in [0.25, 0.3) is 90.9 Å². The van der Waals surface area contributed by atoms with Crippen LogP contribution in [0.3, 0.4) is 0 Å². The molecule has 141 heavy (non-hydrogen) atoms. The monoisotopic (exact) mass is 1930 g/mol. The smallest absolute Gasteiger partial charge is 0.657 e. The van der Waals surface area contributed by atoms with Crippen LogP contribution in [0, 0.1) is 45.3 Å². The average molecular weight is 1930 g/mol. The number of fused-ring (bicyclic) bond motifs is 8. The first-order valence-corrected chi connectivity index (χ1v) is 45.2. The number of carbonyl (C=O) groups excluding carboxylic acids is 8. The van der Waals surface area contributed by atoms with Gasteiger partial charge in [0.2, 0.25) is 23.6 Å². The first-order chi connectivity index (χ1) is 66.8. The van der Waals surface area contributed by atoms with Gasteiger partial charge in [0, 0.05) is 82.3 Å². The molecule has 0 saturated heterocycles. The van der Waals surface area contributed by atoms with Crippen molar-refractivity contribution in [3.8, 4) is 91.2 Å². The van der Waals surface area contributed by atoms with Crippen molar-refractivity contribution in [2.45, 2.75) is 109 Å². The summed E-state index contributed by atoms with van der Waals surface area (Å²) < 4.78 is 23.6. The number of pyridine rings is 4. The minimum absolute atomic E-state index is 0. The summed E-state index contributed by atoms with van der Waals surface area (Å²) in [6.07, 6.45) is 8.63. The van der Waals surface area contributed by atoms with Crippen molar-refractivity contribution in [3.05, 3.63) is 286 Å². The molecule has 2 aliphatic heterocycles. The van der Waals surface area contributed by atoms with Crippen molar-refractivity contribution in [1.82, 2.24) is 39.9 Å². The number of benzene rings is 6. The Hall–Kier alpha value is -16.8. The fourth-order valence-electron chi connectivity index (χ4n) is 15.6. The van der Waals surface area contributed by atoms with Gasteiger partial charge in [0.1, 0.15) is 69.5 Å². The maximum Gasteiger partial charge on any atom is 2.00 e. The van der Waals surface area contributed by atoms with E-state index >= 15 is 0 Å². The van der Waals surface area contributed by atoms with E-state index < -0.39 is 23.6 Å². The first-order valence-electron chi connectivity index (χ1n) is 45.2. The second-order valence-corrected chi connectivity index (χ2v) is 38.4. The van der Waals surface area contributed by atoms with E-state index in [9.17, 15) is 38.4 Å². The van der Waals surface area contributed by atoms with Crippen LogP contribution in [0.15, 0.2) is 218 Å². The van der Waals surface area contributed by atoms with Crippen molar-refractivity contribution >= 4 is 140 Å². The van der Waals surface area contributed by atoms with Gasteiger partial charge in [-0.15, -0.1) is 22.1 Å². The molecule has 0 spiro atoms. The topological polar surface area (TPSA) is 375 Å². The molecule has 0 unspecified atom stereocenters. The molecule has 8 bridgehead atoms. The number of amides is 8. The molecule has 28 nitrogen and oxygen atoms in total. The van der Waals surface area contributed by atoms with E-state index in [1.807, 2.05) is 204 Å². The maximum absolute atomic E-state index is 14.5. The van der Waals surface area contributed by atoms with Crippen LogP contribution in [0.4, 0.5) is 46.5 Å². The van der Waals surface area contributed by atoms with E-state index in [0.717, 1.165) is 0 Å². The second-order valence-electron chi connectivity index (χ2n) is 38.4. The van der Waals surface area contributed by atoms with Crippen molar-refractivity contribution in [2.24, 2.45) is 21.7 Å². The summed E-state index contributed by atoms with van der Waals surface area (Å²) in [6.45, 7) is 23.4. The average Bonchev–Trinajstić information content (AvgIpc) is 1.61. The van der Waals surface area contributed by atoms with Gasteiger partial charge in [-0.3, -0.25) is 38.4 Å². The third kappa shape index (κ3) is 26.5. The molecule has 2 aliphatic rings. The molecule has 8 amide bonds. The molecule has 6 aromatic carbocycles. The third-order valence-corrected chi connectivity index (χ3v) is 21.6. The summed E-state index contributed by atoms with van der Waals surface area (Å²) in [5.41, 5.74) is 10.2. The summed E-state index contributed by atoms with van der Waals surface area (Å²) in [6, 6.07) is 62.4. The summed E-state index contributed by atoms with van der Waals surface area (Å²) in [5.74, 6) is 12.9. The van der Waals surface area contributed by atoms with Gasteiger partial charge in [-0.25, -0.2) is 29.9 Å². The molecular weight excluding hydrogens is 1830 g/mol. The standard InChI is InChI=1S/C112H106N16O12.Zn/c1-109(2,3)61-97(129)121-89-21-17-25-93(117-89)125-105(133)73-49-67(50-74(53-73)106(134)126-94-26-18-22-90(118-94)122-98(130)62-110(4,5)6)31-29-65-33-37-69(38-34-65)101-81-41-42-82(113-81)102(84-44-46-86(115-84)104(72-57-79(139-15)60-80(58-72)140-16)88-48-47-87(116-88)103(85-45-43-83(101)114-85)71-55-77(137-13)59-78(56-71)138-14)70-39-35-66(36-40-70)30-32-68-51-75(107(135)127-95-27-19-23-91(119-95)123-99(131)63-111(7,8)9)54-76(52-68)108(136)128-96-28-20-24-92(120-96)124-100(132)64-112(10,11)12;/h17-28,33-60H,61-64H2,1-16H3,(H10,113,114,115,116,117,118,119,120,121,122,123,124,125,126,127,128,129,130,131,132,133,134,135,136);/q;+2/p-2. The quantitative estimate of drug-likeness (QED) is 0.0206. The number of aromatic nitrogens is 8. The molecule has 0 fully saturated rings. The zero-order valence-corrected chi connectivity index (χ0v) is 84.1. The molecule has 0 radical (unpaired) electrons. The zero-order valence-electron chi connectivity index (χ0n) is 81.1. The molecule has 15 rings (SSSR count). The Labute approximate surface area is 829 Å². The molecule has 0 aliphatic carbocycles. The largest absolute Gasteiger partial charge is 2.00 e. The van der Waals surface area contributed by atoms with Crippen molar-refractivity contribution in [2.75, 3.05) is 71.0 Å². The van der Waals surface area contributed by atoms with Crippen LogP contribution in [0.1, 0.15) is 195 Å². The summed E-state index contributed by atoms with van der Waals surface area (Å²) in [5, 5.41) is 22.6. The minimum atomic E-state index is -0.634. The SMILES string of the molecule is COc1cc(OC)cc(-c2c3nc(c(-c4cc(OC)cc(OC)c4)c4ccc([n-]4)c(-c4ccc(C#Cc5cc(C(=O)Nc6cccc(NC(=O)CC(C)(C)C)n6)cc(C(=O)Nc6cccc(NC(=O)CC(C)(C)C)n6)c5)cc4)c4nc(c(-c5ccc(C#Cc6cc(C(=O)Nc7cccc(NC(=O)CC(C)(C)C)n7)cc(C(=O)Nc7cccc(NC(=O)CC(C)(C)C)n7)c6)cc5)c5ccc2[n-]5)C=C4)C=C3)c1.[Zn+2]. The van der Waals surface area contributed by atoms with Gasteiger partial charge in [0.25, 0.3) is 23.6 Å². The Morgan fingerprint density at radius 3 is 0.709 bits per heavy atom. The Kier molecular flexibility index (Phi) is 30.5. The summed E-state index contributed by atoms with van der Waals surface area (Å²) in [7, 11) is 6.34. The molecule has 7 aromatic heterocycles. The van der Waals surface area contributed by atoms with Crippen LogP contribution in [-0.2, 0) is 38.7 Å². The van der Waals surface area contributed by atoms with Gasteiger partial charge in [-0.2, -0.15) is 0 Å². The normalized spacial score (nSPS) is 11.5. The van der Waals surface area contributed by atoms with Gasteiger partial charge >= 0.3 is 19.5 Å².